The van der Waals surface area contributed by atoms with Crippen LogP contribution in [0.4, 0.5) is 10.1 Å². The highest BCUT2D eigenvalue weighted by atomic mass is 19.1. The number of pyridine rings is 1. The van der Waals surface area contributed by atoms with Gasteiger partial charge in [0, 0.05) is 54.3 Å². The summed E-state index contributed by atoms with van der Waals surface area (Å²) in [5, 5.41) is 10.5. The molecule has 1 N–H and O–H groups in total. The maximum Gasteiger partial charge on any atom is 0.337 e. The fourth-order valence-corrected chi connectivity index (χ4v) is 6.41. The zero-order valence-electron chi connectivity index (χ0n) is 27.0. The van der Waals surface area contributed by atoms with E-state index < -0.39 is 17.7 Å². The highest BCUT2D eigenvalue weighted by Crippen LogP contribution is 2.45. The number of nitrogens with zero attached hydrogens (tertiary/aromatic N) is 3. The minimum absolute atomic E-state index is 0.0513. The Morgan fingerprint density at radius 3 is 2.32 bits per heavy atom. The van der Waals surface area contributed by atoms with Crippen LogP contribution in [0.3, 0.4) is 0 Å². The van der Waals surface area contributed by atoms with Crippen LogP contribution >= 0.6 is 0 Å². The normalized spacial score (nSPS) is 17.4. The lowest BCUT2D eigenvalue weighted by molar-refractivity contribution is -0.160. The Morgan fingerprint density at radius 2 is 1.70 bits per heavy atom. The van der Waals surface area contributed by atoms with E-state index in [1.54, 1.807) is 17.0 Å². The molecule has 2 aliphatic heterocycles. The third kappa shape index (κ3) is 6.65. The molecule has 1 saturated heterocycles. The number of halogens is 1. The number of anilines is 1. The molecule has 5 rings (SSSR count). The van der Waals surface area contributed by atoms with Gasteiger partial charge in [0.1, 0.15) is 5.82 Å². The van der Waals surface area contributed by atoms with E-state index in [0.717, 1.165) is 59.6 Å². The second kappa shape index (κ2) is 12.0. The molecule has 8 heteroatoms. The molecule has 1 fully saturated rings. The van der Waals surface area contributed by atoms with Gasteiger partial charge in [-0.15, -0.1) is 0 Å². The minimum atomic E-state index is -1.19. The van der Waals surface area contributed by atoms with E-state index in [2.05, 4.69) is 24.8 Å². The number of carboxylic acid groups (broad SMARTS) is 1. The third-order valence-corrected chi connectivity index (χ3v) is 8.82. The monoisotopic (exact) mass is 601 g/mol. The van der Waals surface area contributed by atoms with Gasteiger partial charge in [-0.1, -0.05) is 38.1 Å². The molecular weight excluding hydrogens is 557 g/mol. The lowest BCUT2D eigenvalue weighted by Crippen LogP contribution is -2.39. The molecule has 0 aliphatic carbocycles. The van der Waals surface area contributed by atoms with Crippen LogP contribution in [-0.4, -0.2) is 52.1 Å². The smallest absolute Gasteiger partial charge is 0.337 e. The summed E-state index contributed by atoms with van der Waals surface area (Å²) in [5.41, 5.74) is 6.71. The van der Waals surface area contributed by atoms with Crippen molar-refractivity contribution in [1.82, 2.24) is 9.88 Å². The van der Waals surface area contributed by atoms with Crippen molar-refractivity contribution in [2.75, 3.05) is 24.5 Å². The first-order valence-corrected chi connectivity index (χ1v) is 15.5. The largest absolute Gasteiger partial charge is 0.479 e. The van der Waals surface area contributed by atoms with Crippen molar-refractivity contribution in [3.63, 3.8) is 0 Å². The zero-order valence-corrected chi connectivity index (χ0v) is 27.0. The number of carboxylic acids is 1. The van der Waals surface area contributed by atoms with E-state index in [4.69, 9.17) is 9.72 Å². The quantitative estimate of drug-likeness (QED) is 0.307. The summed E-state index contributed by atoms with van der Waals surface area (Å²) in [6, 6.07) is 12.2. The topological polar surface area (TPSA) is 83.0 Å². The van der Waals surface area contributed by atoms with E-state index in [9.17, 15) is 19.1 Å². The number of hydrogen-bond donors (Lipinski definition) is 1. The second-order valence-corrected chi connectivity index (χ2v) is 14.0. The maximum atomic E-state index is 13.5. The van der Waals surface area contributed by atoms with Gasteiger partial charge in [0.15, 0.2) is 6.10 Å². The number of aryl methyl sites for hydroxylation is 2. The summed E-state index contributed by atoms with van der Waals surface area (Å²) in [6.07, 6.45) is 1.45. The fourth-order valence-electron chi connectivity index (χ4n) is 6.41. The van der Waals surface area contributed by atoms with Gasteiger partial charge < -0.3 is 19.6 Å². The third-order valence-electron chi connectivity index (χ3n) is 8.82. The minimum Gasteiger partial charge on any atom is -0.479 e. The standard InChI is InChI=1S/C36H44FN3O4/c1-22-29(26-10-13-28-25(20-26)14-17-40(33(28)41)21-24-8-11-27(37)12-9-24)31(39-18-15-36(6,7)16-19-39)30(23(2)38-22)32(34(42)43)44-35(3,4)5/h8-13,20,32H,14-19,21H2,1-7H3,(H,42,43)/t32-/m0/s1. The number of aliphatic carboxylic acids is 1. The summed E-state index contributed by atoms with van der Waals surface area (Å²) >= 11 is 0. The molecule has 0 radical (unpaired) electrons. The molecule has 1 aromatic heterocycles. The van der Waals surface area contributed by atoms with Crippen LogP contribution < -0.4 is 4.90 Å². The number of carbonyl (C=O) groups excluding carboxylic acids is 1. The van der Waals surface area contributed by atoms with Crippen molar-refractivity contribution in [3.8, 4) is 11.1 Å². The maximum absolute atomic E-state index is 13.5. The van der Waals surface area contributed by atoms with Crippen LogP contribution in [0.25, 0.3) is 11.1 Å². The summed E-state index contributed by atoms with van der Waals surface area (Å²) < 4.78 is 19.6. The summed E-state index contributed by atoms with van der Waals surface area (Å²) in [7, 11) is 0. The van der Waals surface area contributed by atoms with Crippen molar-refractivity contribution in [2.45, 2.75) is 86.0 Å². The van der Waals surface area contributed by atoms with Crippen molar-refractivity contribution in [2.24, 2.45) is 5.41 Å². The summed E-state index contributed by atoms with van der Waals surface area (Å²) in [6.45, 7) is 16.5. The highest BCUT2D eigenvalue weighted by molar-refractivity contribution is 5.98. The van der Waals surface area contributed by atoms with Gasteiger partial charge in [-0.05, 0) is 94.2 Å². The van der Waals surface area contributed by atoms with Crippen molar-refractivity contribution >= 4 is 17.6 Å². The first-order valence-electron chi connectivity index (χ1n) is 15.5. The van der Waals surface area contributed by atoms with E-state index in [1.807, 2.05) is 46.8 Å². The molecule has 3 aromatic rings. The number of hydrogen-bond acceptors (Lipinski definition) is 5. The van der Waals surface area contributed by atoms with Crippen LogP contribution in [-0.2, 0) is 22.5 Å². The SMILES string of the molecule is Cc1nc(C)c([C@H](OC(C)(C)C)C(=O)O)c(N2CCC(C)(C)CC2)c1-c1ccc2c(c1)CCN(Cc1ccc(F)cc1)C2=O. The molecule has 1 atom stereocenters. The predicted octanol–water partition coefficient (Wildman–Crippen LogP) is 7.27. The van der Waals surface area contributed by atoms with Gasteiger partial charge in [-0.25, -0.2) is 9.18 Å². The Morgan fingerprint density at radius 1 is 1.05 bits per heavy atom. The molecule has 2 aromatic carbocycles. The number of rotatable bonds is 7. The number of aromatic nitrogens is 1. The van der Waals surface area contributed by atoms with E-state index in [0.29, 0.717) is 36.3 Å². The van der Waals surface area contributed by atoms with Gasteiger partial charge in [0.2, 0.25) is 0 Å². The average molecular weight is 602 g/mol. The molecule has 1 amide bonds. The lowest BCUT2D eigenvalue weighted by Gasteiger charge is -2.41. The van der Waals surface area contributed by atoms with Crippen LogP contribution in [0.5, 0.6) is 0 Å². The summed E-state index contributed by atoms with van der Waals surface area (Å²) in [4.78, 5) is 35.3. The van der Waals surface area contributed by atoms with Crippen molar-refractivity contribution in [3.05, 3.63) is 81.9 Å². The number of fused-ring (bicyclic) bond motifs is 1. The number of carbonyl (C=O) groups is 2. The van der Waals surface area contributed by atoms with E-state index in [1.165, 1.54) is 12.1 Å². The predicted molar refractivity (Wildman–Crippen MR) is 170 cm³/mol. The van der Waals surface area contributed by atoms with Gasteiger partial charge in [0.25, 0.3) is 5.91 Å². The molecule has 0 unspecified atom stereocenters. The Bertz CT molecular complexity index is 1570. The first-order chi connectivity index (χ1) is 20.6. The number of ether oxygens (including phenoxy) is 1. The Balaban J connectivity index is 1.59. The number of benzene rings is 2. The van der Waals surface area contributed by atoms with Crippen molar-refractivity contribution in [1.29, 1.82) is 0 Å². The molecule has 0 bridgehead atoms. The fraction of sp³-hybridized carbons (Fsp3) is 0.472. The first kappa shape index (κ1) is 31.6. The Hall–Kier alpha value is -3.78. The summed E-state index contributed by atoms with van der Waals surface area (Å²) in [5.74, 6) is -1.40. The molecule has 44 heavy (non-hydrogen) atoms. The molecule has 234 valence electrons. The van der Waals surface area contributed by atoms with Gasteiger partial charge in [-0.3, -0.25) is 9.78 Å². The zero-order chi connectivity index (χ0) is 32.0. The van der Waals surface area contributed by atoms with Gasteiger partial charge >= 0.3 is 5.97 Å². The molecular formula is C36H44FN3O4. The molecule has 0 spiro atoms. The van der Waals surface area contributed by atoms with Crippen LogP contribution in [0.2, 0.25) is 0 Å². The van der Waals surface area contributed by atoms with Crippen LogP contribution in [0.1, 0.15) is 92.0 Å². The average Bonchev–Trinajstić information content (AvgIpc) is 2.94. The van der Waals surface area contributed by atoms with Gasteiger partial charge in [-0.2, -0.15) is 0 Å². The highest BCUT2D eigenvalue weighted by Gasteiger charge is 2.37. The number of amides is 1. The second-order valence-electron chi connectivity index (χ2n) is 14.0. The number of piperidine rings is 1. The Kier molecular flexibility index (Phi) is 8.60. The molecule has 3 heterocycles. The van der Waals surface area contributed by atoms with Crippen molar-refractivity contribution < 1.29 is 23.8 Å². The lowest BCUT2D eigenvalue weighted by atomic mass is 9.81. The van der Waals surface area contributed by atoms with Crippen LogP contribution in [0.15, 0.2) is 42.5 Å². The van der Waals surface area contributed by atoms with Gasteiger partial charge in [0.05, 0.1) is 11.3 Å². The van der Waals surface area contributed by atoms with Crippen LogP contribution in [0, 0.1) is 25.1 Å². The molecule has 7 nitrogen and oxygen atoms in total. The molecule has 2 aliphatic rings. The van der Waals surface area contributed by atoms with E-state index in [-0.39, 0.29) is 17.1 Å². The van der Waals surface area contributed by atoms with E-state index >= 15 is 0 Å². The molecule has 0 saturated carbocycles. The Labute approximate surface area is 260 Å².